The lowest BCUT2D eigenvalue weighted by Crippen LogP contribution is -2.62. The van der Waals surface area contributed by atoms with Crippen molar-refractivity contribution in [1.82, 2.24) is 4.90 Å². The zero-order chi connectivity index (χ0) is 15.9. The Balaban J connectivity index is 1.61. The van der Waals surface area contributed by atoms with E-state index in [-0.39, 0.29) is 11.4 Å². The molecule has 0 aromatic heterocycles. The van der Waals surface area contributed by atoms with Gasteiger partial charge in [0.15, 0.2) is 0 Å². The number of nitriles is 1. The molecule has 4 saturated carbocycles. The molecule has 4 fully saturated rings. The van der Waals surface area contributed by atoms with Gasteiger partial charge in [-0.15, -0.1) is 0 Å². The van der Waals surface area contributed by atoms with Gasteiger partial charge in [0.05, 0.1) is 12.5 Å². The smallest absolute Gasteiger partial charge is 0.292 e. The third-order valence-corrected chi connectivity index (χ3v) is 6.13. The van der Waals surface area contributed by atoms with Crippen molar-refractivity contribution in [1.29, 1.82) is 5.26 Å². The fourth-order valence-electron chi connectivity index (χ4n) is 5.72. The predicted molar refractivity (Wildman–Crippen MR) is 82.8 cm³/mol. The molecule has 1 aliphatic heterocycles. The number of hydrogen-bond acceptors (Lipinski definition) is 4. The molecule has 4 aliphatic carbocycles. The third kappa shape index (κ3) is 2.58. The highest BCUT2D eigenvalue weighted by atomic mass is 16.6. The summed E-state index contributed by atoms with van der Waals surface area (Å²) in [6.07, 6.45) is 9.14. The average Bonchev–Trinajstić information content (AvgIpc) is 2.54. The maximum atomic E-state index is 13.1. The van der Waals surface area contributed by atoms with Crippen molar-refractivity contribution < 1.29 is 14.3 Å². The maximum Gasteiger partial charge on any atom is 0.292 e. The van der Waals surface area contributed by atoms with Gasteiger partial charge in [0.1, 0.15) is 19.5 Å². The van der Waals surface area contributed by atoms with E-state index in [4.69, 9.17) is 14.7 Å². The van der Waals surface area contributed by atoms with Gasteiger partial charge in [0.25, 0.3) is 5.91 Å². The van der Waals surface area contributed by atoms with Gasteiger partial charge in [-0.25, -0.2) is 0 Å². The number of amides is 1. The lowest BCUT2D eigenvalue weighted by Gasteiger charge is -2.60. The summed E-state index contributed by atoms with van der Waals surface area (Å²) in [6.45, 7) is 1.42. The number of hydrogen-bond donors (Lipinski definition) is 0. The summed E-state index contributed by atoms with van der Waals surface area (Å²) in [5, 5.41) is 9.03. The summed E-state index contributed by atoms with van der Waals surface area (Å²) in [7, 11) is 0. The molecule has 0 atom stereocenters. The molecule has 4 bridgehead atoms. The number of ether oxygens (including phenoxy) is 2. The van der Waals surface area contributed by atoms with E-state index in [1.807, 2.05) is 4.90 Å². The fraction of sp³-hybridized carbons (Fsp3) is 0.778. The van der Waals surface area contributed by atoms with Crippen LogP contribution in [0.3, 0.4) is 0 Å². The van der Waals surface area contributed by atoms with E-state index in [0.29, 0.717) is 31.9 Å². The molecular weight excluding hydrogens is 292 g/mol. The second-order valence-corrected chi connectivity index (χ2v) is 7.71. The van der Waals surface area contributed by atoms with E-state index in [2.05, 4.69) is 6.07 Å². The summed E-state index contributed by atoms with van der Waals surface area (Å²) in [6, 6.07) is 2.20. The van der Waals surface area contributed by atoms with Gasteiger partial charge in [0, 0.05) is 12.1 Å². The SMILES string of the molecule is N#CCCN(C(=O)C1=COCCO1)C12CC3CC(CC(C3)C1)C2. The van der Waals surface area contributed by atoms with E-state index in [1.165, 1.54) is 25.5 Å². The molecule has 23 heavy (non-hydrogen) atoms. The van der Waals surface area contributed by atoms with Crippen LogP contribution in [-0.2, 0) is 14.3 Å². The van der Waals surface area contributed by atoms with Gasteiger partial charge in [-0.1, -0.05) is 0 Å². The fourth-order valence-corrected chi connectivity index (χ4v) is 5.72. The van der Waals surface area contributed by atoms with Crippen LogP contribution in [0.1, 0.15) is 44.9 Å². The minimum Gasteiger partial charge on any atom is -0.494 e. The number of carbonyl (C=O) groups is 1. The van der Waals surface area contributed by atoms with Crippen LogP contribution in [0, 0.1) is 29.1 Å². The Morgan fingerprint density at radius 3 is 2.39 bits per heavy atom. The van der Waals surface area contributed by atoms with E-state index in [9.17, 15) is 4.79 Å². The molecule has 0 spiro atoms. The lowest BCUT2D eigenvalue weighted by molar-refractivity contribution is -0.151. The molecule has 0 aromatic carbocycles. The molecule has 1 heterocycles. The summed E-state index contributed by atoms with van der Waals surface area (Å²) >= 11 is 0. The minimum atomic E-state index is -0.0816. The standard InChI is InChI=1S/C18H24N2O3/c19-2-1-3-20(17(21)16-12-22-4-5-23-16)18-9-13-6-14(10-18)8-15(7-13)11-18/h12-15H,1,3-11H2. The lowest BCUT2D eigenvalue weighted by atomic mass is 9.52. The first-order valence-electron chi connectivity index (χ1n) is 8.84. The quantitative estimate of drug-likeness (QED) is 0.800. The highest BCUT2D eigenvalue weighted by Gasteiger charge is 2.55. The van der Waals surface area contributed by atoms with E-state index < -0.39 is 0 Å². The van der Waals surface area contributed by atoms with E-state index >= 15 is 0 Å². The van der Waals surface area contributed by atoms with Gasteiger partial charge < -0.3 is 14.4 Å². The Labute approximate surface area is 137 Å². The Bertz CT molecular complexity index is 528. The van der Waals surface area contributed by atoms with Crippen molar-refractivity contribution in [2.45, 2.75) is 50.5 Å². The second-order valence-electron chi connectivity index (χ2n) is 7.71. The topological polar surface area (TPSA) is 62.6 Å². The second kappa shape index (κ2) is 5.74. The van der Waals surface area contributed by atoms with Crippen molar-refractivity contribution in [3.63, 3.8) is 0 Å². The number of rotatable bonds is 4. The van der Waals surface area contributed by atoms with Crippen molar-refractivity contribution >= 4 is 5.91 Å². The van der Waals surface area contributed by atoms with Gasteiger partial charge in [-0.3, -0.25) is 4.79 Å². The average molecular weight is 316 g/mol. The first-order valence-corrected chi connectivity index (χ1v) is 8.84. The van der Waals surface area contributed by atoms with Gasteiger partial charge in [-0.05, 0) is 56.3 Å². The van der Waals surface area contributed by atoms with Crippen LogP contribution in [-0.4, -0.2) is 36.1 Å². The first kappa shape index (κ1) is 14.9. The highest BCUT2D eigenvalue weighted by Crippen LogP contribution is 2.58. The van der Waals surface area contributed by atoms with Crippen LogP contribution < -0.4 is 0 Å². The Morgan fingerprint density at radius 1 is 1.22 bits per heavy atom. The van der Waals surface area contributed by atoms with Gasteiger partial charge in [-0.2, -0.15) is 5.26 Å². The molecular formula is C18H24N2O3. The summed E-state index contributed by atoms with van der Waals surface area (Å²) < 4.78 is 10.8. The molecule has 124 valence electrons. The zero-order valence-corrected chi connectivity index (χ0v) is 13.5. The molecule has 0 unspecified atom stereocenters. The van der Waals surface area contributed by atoms with Crippen LogP contribution >= 0.6 is 0 Å². The maximum absolute atomic E-state index is 13.1. The van der Waals surface area contributed by atoms with Crippen molar-refractivity contribution in [3.05, 3.63) is 12.0 Å². The molecule has 5 heteroatoms. The van der Waals surface area contributed by atoms with E-state index in [1.54, 1.807) is 0 Å². The molecule has 0 aromatic rings. The van der Waals surface area contributed by atoms with E-state index in [0.717, 1.165) is 37.0 Å². The Kier molecular flexibility index (Phi) is 3.71. The number of nitrogens with zero attached hydrogens (tertiary/aromatic N) is 2. The van der Waals surface area contributed by atoms with Crippen LogP contribution in [0.25, 0.3) is 0 Å². The Hall–Kier alpha value is -1.70. The molecule has 0 saturated heterocycles. The molecule has 0 radical (unpaired) electrons. The molecule has 5 rings (SSSR count). The molecule has 0 N–H and O–H groups in total. The first-order chi connectivity index (χ1) is 11.2. The normalized spacial score (nSPS) is 37.3. The zero-order valence-electron chi connectivity index (χ0n) is 13.5. The van der Waals surface area contributed by atoms with Crippen molar-refractivity contribution in [3.8, 4) is 6.07 Å². The molecule has 5 nitrogen and oxygen atoms in total. The highest BCUT2D eigenvalue weighted by molar-refractivity contribution is 5.92. The molecule has 1 amide bonds. The van der Waals surface area contributed by atoms with Crippen LogP contribution in [0.15, 0.2) is 12.0 Å². The van der Waals surface area contributed by atoms with Crippen molar-refractivity contribution in [2.75, 3.05) is 19.8 Å². The molecule has 5 aliphatic rings. The van der Waals surface area contributed by atoms with Gasteiger partial charge >= 0.3 is 0 Å². The monoisotopic (exact) mass is 316 g/mol. The van der Waals surface area contributed by atoms with Crippen LogP contribution in [0.5, 0.6) is 0 Å². The minimum absolute atomic E-state index is 0.0513. The number of carbonyl (C=O) groups excluding carboxylic acids is 1. The predicted octanol–water partition coefficient (Wildman–Crippen LogP) is 2.59. The third-order valence-electron chi connectivity index (χ3n) is 6.13. The van der Waals surface area contributed by atoms with Gasteiger partial charge in [0.2, 0.25) is 5.76 Å². The largest absolute Gasteiger partial charge is 0.494 e. The van der Waals surface area contributed by atoms with Crippen molar-refractivity contribution in [2.24, 2.45) is 17.8 Å². The van der Waals surface area contributed by atoms with Crippen LogP contribution in [0.2, 0.25) is 0 Å². The van der Waals surface area contributed by atoms with Crippen LogP contribution in [0.4, 0.5) is 0 Å². The Morgan fingerprint density at radius 2 is 1.87 bits per heavy atom. The summed E-state index contributed by atoms with van der Waals surface area (Å²) in [5.74, 6) is 2.51. The summed E-state index contributed by atoms with van der Waals surface area (Å²) in [4.78, 5) is 15.0. The summed E-state index contributed by atoms with van der Waals surface area (Å²) in [5.41, 5.74) is -0.0513.